The number of rotatable bonds is 4. The summed E-state index contributed by atoms with van der Waals surface area (Å²) in [6.07, 6.45) is 5.29. The minimum atomic E-state index is -0.457. The van der Waals surface area contributed by atoms with E-state index >= 15 is 0 Å². The molecule has 0 bridgehead atoms. The lowest BCUT2D eigenvalue weighted by Crippen LogP contribution is -2.38. The van der Waals surface area contributed by atoms with Gasteiger partial charge in [-0.25, -0.2) is 0 Å². The van der Waals surface area contributed by atoms with Crippen LogP contribution in [0.15, 0.2) is 28.8 Å². The standard InChI is InChI=1S/C16H21N3O2/c1-2-20-13-8-6-7-12(11-13)14-18-15(21-19-14)16(17)9-4-3-5-10-16/h6-8,11H,2-5,9-10,17H2,1H3. The van der Waals surface area contributed by atoms with Crippen LogP contribution in [0, 0.1) is 0 Å². The van der Waals surface area contributed by atoms with Gasteiger partial charge < -0.3 is 15.0 Å². The van der Waals surface area contributed by atoms with Gasteiger partial charge in [0.15, 0.2) is 0 Å². The molecule has 21 heavy (non-hydrogen) atoms. The van der Waals surface area contributed by atoms with Gasteiger partial charge in [0, 0.05) is 5.56 Å². The summed E-state index contributed by atoms with van der Waals surface area (Å²) in [5.41, 5.74) is 6.86. The largest absolute Gasteiger partial charge is 0.494 e. The molecule has 0 radical (unpaired) electrons. The maximum absolute atomic E-state index is 6.43. The second kappa shape index (κ2) is 5.85. The van der Waals surface area contributed by atoms with Crippen molar-refractivity contribution >= 4 is 0 Å². The van der Waals surface area contributed by atoms with Gasteiger partial charge in [-0.05, 0) is 31.9 Å². The summed E-state index contributed by atoms with van der Waals surface area (Å²) in [4.78, 5) is 4.52. The van der Waals surface area contributed by atoms with E-state index in [-0.39, 0.29) is 0 Å². The molecule has 1 aliphatic rings. The van der Waals surface area contributed by atoms with Crippen molar-refractivity contribution in [2.24, 2.45) is 5.73 Å². The van der Waals surface area contributed by atoms with Crippen molar-refractivity contribution in [1.29, 1.82) is 0 Å². The van der Waals surface area contributed by atoms with Gasteiger partial charge >= 0.3 is 0 Å². The minimum Gasteiger partial charge on any atom is -0.494 e. The maximum atomic E-state index is 6.43. The molecule has 0 unspecified atom stereocenters. The van der Waals surface area contributed by atoms with Crippen molar-refractivity contribution in [2.75, 3.05) is 6.61 Å². The average molecular weight is 287 g/mol. The molecule has 112 valence electrons. The number of nitrogens with two attached hydrogens (primary N) is 1. The Kier molecular flexibility index (Phi) is 3.92. The lowest BCUT2D eigenvalue weighted by molar-refractivity contribution is 0.220. The Morgan fingerprint density at radius 1 is 1.29 bits per heavy atom. The summed E-state index contributed by atoms with van der Waals surface area (Å²) in [6, 6.07) is 7.71. The molecule has 3 rings (SSSR count). The predicted octanol–water partition coefficient (Wildman–Crippen LogP) is 3.25. The number of ether oxygens (including phenoxy) is 1. The molecule has 0 aliphatic heterocycles. The van der Waals surface area contributed by atoms with Gasteiger partial charge in [-0.3, -0.25) is 0 Å². The van der Waals surface area contributed by atoms with Gasteiger partial charge in [-0.2, -0.15) is 4.98 Å². The van der Waals surface area contributed by atoms with E-state index in [4.69, 9.17) is 15.0 Å². The molecule has 0 saturated heterocycles. The molecular formula is C16H21N3O2. The van der Waals surface area contributed by atoms with Crippen LogP contribution in [-0.2, 0) is 5.54 Å². The van der Waals surface area contributed by atoms with Crippen LogP contribution in [-0.4, -0.2) is 16.7 Å². The lowest BCUT2D eigenvalue weighted by atomic mass is 9.82. The van der Waals surface area contributed by atoms with Gasteiger partial charge in [-0.15, -0.1) is 0 Å². The molecule has 5 heteroatoms. The number of benzene rings is 1. The molecular weight excluding hydrogens is 266 g/mol. The normalized spacial score (nSPS) is 17.6. The quantitative estimate of drug-likeness (QED) is 0.934. The zero-order valence-corrected chi connectivity index (χ0v) is 12.3. The molecule has 1 aromatic heterocycles. The van der Waals surface area contributed by atoms with Crippen LogP contribution < -0.4 is 10.5 Å². The topological polar surface area (TPSA) is 74.2 Å². The van der Waals surface area contributed by atoms with E-state index in [1.54, 1.807) is 0 Å². The van der Waals surface area contributed by atoms with Gasteiger partial charge in [0.2, 0.25) is 11.7 Å². The highest BCUT2D eigenvalue weighted by Gasteiger charge is 2.35. The van der Waals surface area contributed by atoms with Gasteiger partial charge in [0.05, 0.1) is 12.1 Å². The maximum Gasteiger partial charge on any atom is 0.247 e. The Bertz CT molecular complexity index is 603. The Balaban J connectivity index is 1.86. The average Bonchev–Trinajstić information content (AvgIpc) is 2.99. The van der Waals surface area contributed by atoms with Crippen molar-refractivity contribution in [1.82, 2.24) is 10.1 Å². The third-order valence-electron chi connectivity index (χ3n) is 4.00. The van der Waals surface area contributed by atoms with Crippen molar-refractivity contribution in [2.45, 2.75) is 44.6 Å². The van der Waals surface area contributed by atoms with Crippen molar-refractivity contribution in [3.63, 3.8) is 0 Å². The van der Waals surface area contributed by atoms with Crippen LogP contribution in [0.2, 0.25) is 0 Å². The summed E-state index contributed by atoms with van der Waals surface area (Å²) < 4.78 is 10.9. The second-order valence-corrected chi connectivity index (χ2v) is 5.60. The highest BCUT2D eigenvalue weighted by atomic mass is 16.5. The van der Waals surface area contributed by atoms with E-state index in [0.29, 0.717) is 18.3 Å². The van der Waals surface area contributed by atoms with Gasteiger partial charge in [-0.1, -0.05) is 36.6 Å². The molecule has 1 saturated carbocycles. The van der Waals surface area contributed by atoms with Crippen molar-refractivity contribution < 1.29 is 9.26 Å². The fraction of sp³-hybridized carbons (Fsp3) is 0.500. The van der Waals surface area contributed by atoms with Crippen molar-refractivity contribution in [3.05, 3.63) is 30.2 Å². The first-order valence-corrected chi connectivity index (χ1v) is 7.57. The lowest BCUT2D eigenvalue weighted by Gasteiger charge is -2.29. The van der Waals surface area contributed by atoms with Crippen LogP contribution in [0.25, 0.3) is 11.4 Å². The Labute approximate surface area is 124 Å². The zero-order valence-electron chi connectivity index (χ0n) is 12.3. The number of hydrogen-bond acceptors (Lipinski definition) is 5. The molecule has 1 aliphatic carbocycles. The number of nitrogens with zero attached hydrogens (tertiary/aromatic N) is 2. The number of aromatic nitrogens is 2. The van der Waals surface area contributed by atoms with Crippen LogP contribution in [0.3, 0.4) is 0 Å². The molecule has 0 amide bonds. The molecule has 0 spiro atoms. The van der Waals surface area contributed by atoms with Gasteiger partial charge in [0.25, 0.3) is 0 Å². The van der Waals surface area contributed by atoms with E-state index < -0.39 is 5.54 Å². The molecule has 0 atom stereocenters. The summed E-state index contributed by atoms with van der Waals surface area (Å²) in [5.74, 6) is 1.93. The minimum absolute atomic E-state index is 0.457. The second-order valence-electron chi connectivity index (χ2n) is 5.60. The molecule has 1 aromatic carbocycles. The third kappa shape index (κ3) is 2.93. The van der Waals surface area contributed by atoms with E-state index in [1.165, 1.54) is 6.42 Å². The Hall–Kier alpha value is -1.88. The zero-order chi connectivity index (χ0) is 14.7. The first kappa shape index (κ1) is 14.1. The first-order valence-electron chi connectivity index (χ1n) is 7.57. The van der Waals surface area contributed by atoms with Crippen LogP contribution in [0.5, 0.6) is 5.75 Å². The van der Waals surface area contributed by atoms with Crippen LogP contribution >= 0.6 is 0 Å². The summed E-state index contributed by atoms with van der Waals surface area (Å²) >= 11 is 0. The molecule has 2 N–H and O–H groups in total. The molecule has 2 aromatic rings. The monoisotopic (exact) mass is 287 g/mol. The molecule has 1 fully saturated rings. The third-order valence-corrected chi connectivity index (χ3v) is 4.00. The molecule has 1 heterocycles. The number of hydrogen-bond donors (Lipinski definition) is 1. The highest BCUT2D eigenvalue weighted by molar-refractivity contribution is 5.56. The predicted molar refractivity (Wildman–Crippen MR) is 79.9 cm³/mol. The van der Waals surface area contributed by atoms with Gasteiger partial charge in [0.1, 0.15) is 5.75 Å². The summed E-state index contributed by atoms with van der Waals surface area (Å²) in [7, 11) is 0. The summed E-state index contributed by atoms with van der Waals surface area (Å²) in [5, 5.41) is 4.09. The van der Waals surface area contributed by atoms with E-state index in [0.717, 1.165) is 37.0 Å². The van der Waals surface area contributed by atoms with Crippen molar-refractivity contribution in [3.8, 4) is 17.1 Å². The molecule has 5 nitrogen and oxygen atoms in total. The van der Waals surface area contributed by atoms with E-state index in [9.17, 15) is 0 Å². The fourth-order valence-corrected chi connectivity index (χ4v) is 2.83. The summed E-state index contributed by atoms with van der Waals surface area (Å²) in [6.45, 7) is 2.59. The first-order chi connectivity index (χ1) is 10.2. The highest BCUT2D eigenvalue weighted by Crippen LogP contribution is 2.34. The van der Waals surface area contributed by atoms with E-state index in [1.807, 2.05) is 31.2 Å². The smallest absolute Gasteiger partial charge is 0.247 e. The Morgan fingerprint density at radius 2 is 2.10 bits per heavy atom. The Morgan fingerprint density at radius 3 is 2.86 bits per heavy atom. The van der Waals surface area contributed by atoms with E-state index in [2.05, 4.69) is 10.1 Å². The fourth-order valence-electron chi connectivity index (χ4n) is 2.83. The SMILES string of the molecule is CCOc1cccc(-c2noc(C3(N)CCCCC3)n2)c1. The van der Waals surface area contributed by atoms with Crippen LogP contribution in [0.1, 0.15) is 44.9 Å². The van der Waals surface area contributed by atoms with Crippen LogP contribution in [0.4, 0.5) is 0 Å².